The van der Waals surface area contributed by atoms with Crippen LogP contribution in [0.1, 0.15) is 12.5 Å². The van der Waals surface area contributed by atoms with E-state index in [0.29, 0.717) is 23.8 Å². The van der Waals surface area contributed by atoms with Crippen LogP contribution in [0, 0.1) is 0 Å². The maximum atomic E-state index is 12.1. The zero-order valence-electron chi connectivity index (χ0n) is 14.9. The molecule has 138 valence electrons. The molecule has 0 saturated carbocycles. The van der Waals surface area contributed by atoms with E-state index < -0.39 is 9.84 Å². The van der Waals surface area contributed by atoms with Crippen molar-refractivity contribution in [1.82, 2.24) is 0 Å². The minimum Gasteiger partial charge on any atom is -0.493 e. The first-order valence-corrected chi connectivity index (χ1v) is 9.82. The molecule has 2 aromatic rings. The van der Waals surface area contributed by atoms with Crippen molar-refractivity contribution in [1.29, 1.82) is 0 Å². The van der Waals surface area contributed by atoms with Crippen molar-refractivity contribution in [3.8, 4) is 11.5 Å². The van der Waals surface area contributed by atoms with Crippen LogP contribution in [0.25, 0.3) is 6.08 Å². The van der Waals surface area contributed by atoms with E-state index in [1.165, 1.54) is 18.2 Å². The normalized spacial score (nSPS) is 11.3. The summed E-state index contributed by atoms with van der Waals surface area (Å²) in [4.78, 5) is 12.2. The van der Waals surface area contributed by atoms with Gasteiger partial charge in [0.05, 0.1) is 18.6 Å². The number of amides is 1. The number of benzene rings is 2. The fourth-order valence-electron chi connectivity index (χ4n) is 2.23. The highest BCUT2D eigenvalue weighted by molar-refractivity contribution is 7.90. The second-order valence-corrected chi connectivity index (χ2v) is 7.48. The standard InChI is InChI=1S/C19H21NO5S/c1-4-25-18-12-14(8-10-17(18)24-2)9-11-19(21)20-15-6-5-7-16(13-15)26(3,22)23/h5-13H,4H2,1-3H3,(H,20,21)/b11-9+. The number of hydrogen-bond acceptors (Lipinski definition) is 5. The fourth-order valence-corrected chi connectivity index (χ4v) is 2.89. The van der Waals surface area contributed by atoms with Gasteiger partial charge in [-0.3, -0.25) is 4.79 Å². The lowest BCUT2D eigenvalue weighted by molar-refractivity contribution is -0.111. The van der Waals surface area contributed by atoms with E-state index in [-0.39, 0.29) is 10.8 Å². The molecule has 0 heterocycles. The number of anilines is 1. The first-order valence-electron chi connectivity index (χ1n) is 7.93. The van der Waals surface area contributed by atoms with Gasteiger partial charge in [-0.15, -0.1) is 0 Å². The molecule has 0 atom stereocenters. The number of hydrogen-bond donors (Lipinski definition) is 1. The number of sulfone groups is 1. The molecule has 1 amide bonds. The Morgan fingerprint density at radius 3 is 2.58 bits per heavy atom. The van der Waals surface area contributed by atoms with Crippen molar-refractivity contribution in [2.45, 2.75) is 11.8 Å². The number of methoxy groups -OCH3 is 1. The molecule has 1 N–H and O–H groups in total. The molecule has 0 aliphatic carbocycles. The van der Waals surface area contributed by atoms with Gasteiger partial charge in [0.1, 0.15) is 0 Å². The Morgan fingerprint density at radius 2 is 1.92 bits per heavy atom. The summed E-state index contributed by atoms with van der Waals surface area (Å²) < 4.78 is 33.9. The molecule has 2 rings (SSSR count). The number of carbonyl (C=O) groups excluding carboxylic acids is 1. The molecule has 26 heavy (non-hydrogen) atoms. The number of nitrogens with one attached hydrogen (secondary N) is 1. The predicted molar refractivity (Wildman–Crippen MR) is 101 cm³/mol. The van der Waals surface area contributed by atoms with Gasteiger partial charge in [-0.05, 0) is 48.9 Å². The third-order valence-corrected chi connectivity index (χ3v) is 4.55. The molecule has 0 saturated heterocycles. The first-order chi connectivity index (χ1) is 12.3. The monoisotopic (exact) mass is 375 g/mol. The van der Waals surface area contributed by atoms with E-state index in [0.717, 1.165) is 11.8 Å². The van der Waals surface area contributed by atoms with Gasteiger partial charge in [-0.25, -0.2) is 8.42 Å². The molecule has 0 aliphatic rings. The lowest BCUT2D eigenvalue weighted by Gasteiger charge is -2.09. The van der Waals surface area contributed by atoms with Gasteiger partial charge < -0.3 is 14.8 Å². The smallest absolute Gasteiger partial charge is 0.248 e. The molecule has 0 spiro atoms. The molecular formula is C19H21NO5S. The number of rotatable bonds is 7. The summed E-state index contributed by atoms with van der Waals surface area (Å²) in [6, 6.07) is 11.4. The Hall–Kier alpha value is -2.80. The van der Waals surface area contributed by atoms with Crippen LogP contribution >= 0.6 is 0 Å². The maximum absolute atomic E-state index is 12.1. The van der Waals surface area contributed by atoms with Crippen molar-refractivity contribution in [2.24, 2.45) is 0 Å². The second-order valence-electron chi connectivity index (χ2n) is 5.47. The highest BCUT2D eigenvalue weighted by atomic mass is 32.2. The minimum absolute atomic E-state index is 0.149. The van der Waals surface area contributed by atoms with Gasteiger partial charge in [0, 0.05) is 18.0 Å². The Labute approximate surface area is 153 Å². The molecule has 0 aromatic heterocycles. The van der Waals surface area contributed by atoms with Crippen LogP contribution in [-0.4, -0.2) is 34.3 Å². The molecule has 0 bridgehead atoms. The highest BCUT2D eigenvalue weighted by Crippen LogP contribution is 2.28. The Balaban J connectivity index is 2.11. The van der Waals surface area contributed by atoms with E-state index in [2.05, 4.69) is 5.32 Å². The third-order valence-electron chi connectivity index (χ3n) is 3.44. The first kappa shape index (κ1) is 19.5. The van der Waals surface area contributed by atoms with Crippen LogP contribution in [0.15, 0.2) is 53.4 Å². The summed E-state index contributed by atoms with van der Waals surface area (Å²) in [6.07, 6.45) is 4.12. The van der Waals surface area contributed by atoms with Gasteiger partial charge >= 0.3 is 0 Å². The summed E-state index contributed by atoms with van der Waals surface area (Å²) in [7, 11) is -1.77. The summed E-state index contributed by atoms with van der Waals surface area (Å²) in [5.74, 6) is 0.842. The van der Waals surface area contributed by atoms with Crippen LogP contribution < -0.4 is 14.8 Å². The predicted octanol–water partition coefficient (Wildman–Crippen LogP) is 3.15. The van der Waals surface area contributed by atoms with Crippen LogP contribution in [0.2, 0.25) is 0 Å². The van der Waals surface area contributed by atoms with Gasteiger partial charge in [-0.1, -0.05) is 12.1 Å². The lowest BCUT2D eigenvalue weighted by atomic mass is 10.2. The average Bonchev–Trinajstić information content (AvgIpc) is 2.60. The van der Waals surface area contributed by atoms with Gasteiger partial charge in [0.15, 0.2) is 21.3 Å². The van der Waals surface area contributed by atoms with E-state index in [9.17, 15) is 13.2 Å². The Morgan fingerprint density at radius 1 is 1.15 bits per heavy atom. The van der Waals surface area contributed by atoms with Gasteiger partial charge in [0.2, 0.25) is 5.91 Å². The number of ether oxygens (including phenoxy) is 2. The van der Waals surface area contributed by atoms with E-state index in [4.69, 9.17) is 9.47 Å². The molecule has 2 aromatic carbocycles. The summed E-state index contributed by atoms with van der Waals surface area (Å²) in [5, 5.41) is 2.64. The summed E-state index contributed by atoms with van der Waals surface area (Å²) in [5.41, 5.74) is 1.18. The zero-order valence-corrected chi connectivity index (χ0v) is 15.7. The van der Waals surface area contributed by atoms with Crippen molar-refractivity contribution in [2.75, 3.05) is 25.3 Å². The molecular weight excluding hydrogens is 354 g/mol. The molecule has 0 unspecified atom stereocenters. The lowest BCUT2D eigenvalue weighted by Crippen LogP contribution is -2.08. The van der Waals surface area contributed by atoms with E-state index in [1.807, 2.05) is 6.92 Å². The zero-order chi connectivity index (χ0) is 19.2. The van der Waals surface area contributed by atoms with Crippen molar-refractivity contribution in [3.05, 3.63) is 54.1 Å². The Bertz CT molecular complexity index is 919. The second kappa shape index (κ2) is 8.53. The summed E-state index contributed by atoms with van der Waals surface area (Å²) in [6.45, 7) is 2.38. The van der Waals surface area contributed by atoms with Crippen LogP contribution in [0.3, 0.4) is 0 Å². The maximum Gasteiger partial charge on any atom is 0.248 e. The van der Waals surface area contributed by atoms with Crippen molar-refractivity contribution < 1.29 is 22.7 Å². The van der Waals surface area contributed by atoms with Gasteiger partial charge in [0.25, 0.3) is 0 Å². The number of carbonyl (C=O) groups is 1. The van der Waals surface area contributed by atoms with E-state index in [1.54, 1.807) is 43.5 Å². The molecule has 6 nitrogen and oxygen atoms in total. The van der Waals surface area contributed by atoms with Crippen molar-refractivity contribution >= 4 is 27.5 Å². The topological polar surface area (TPSA) is 81.7 Å². The highest BCUT2D eigenvalue weighted by Gasteiger charge is 2.08. The third kappa shape index (κ3) is 5.35. The molecule has 0 aliphatic heterocycles. The SMILES string of the molecule is CCOc1cc(/C=C/C(=O)Nc2cccc(S(C)(=O)=O)c2)ccc1OC. The van der Waals surface area contributed by atoms with Crippen LogP contribution in [-0.2, 0) is 14.6 Å². The summed E-state index contributed by atoms with van der Waals surface area (Å²) >= 11 is 0. The average molecular weight is 375 g/mol. The fraction of sp³-hybridized carbons (Fsp3) is 0.211. The Kier molecular flexibility index (Phi) is 6.41. The quantitative estimate of drug-likeness (QED) is 0.752. The van der Waals surface area contributed by atoms with Crippen molar-refractivity contribution in [3.63, 3.8) is 0 Å². The van der Waals surface area contributed by atoms with Crippen LogP contribution in [0.4, 0.5) is 5.69 Å². The van der Waals surface area contributed by atoms with E-state index >= 15 is 0 Å². The largest absolute Gasteiger partial charge is 0.493 e. The molecule has 7 heteroatoms. The van der Waals surface area contributed by atoms with Gasteiger partial charge in [-0.2, -0.15) is 0 Å². The molecule has 0 radical (unpaired) electrons. The minimum atomic E-state index is -3.33. The van der Waals surface area contributed by atoms with Crippen LogP contribution in [0.5, 0.6) is 11.5 Å². The molecule has 0 fully saturated rings.